The van der Waals surface area contributed by atoms with E-state index in [1.54, 1.807) is 10.7 Å². The zero-order chi connectivity index (χ0) is 15.9. The molecule has 0 spiro atoms. The van der Waals surface area contributed by atoms with Crippen LogP contribution >= 0.6 is 0 Å². The normalized spacial score (nSPS) is 30.0. The molecule has 3 saturated carbocycles. The minimum atomic E-state index is -0.450. The molecule has 3 aliphatic carbocycles. The Balaban J connectivity index is 1.34. The summed E-state index contributed by atoms with van der Waals surface area (Å²) in [5, 5.41) is 18.3. The van der Waals surface area contributed by atoms with E-state index < -0.39 is 5.60 Å². The lowest BCUT2D eigenvalue weighted by molar-refractivity contribution is -0.0342. The maximum absolute atomic E-state index is 12.2. The molecule has 1 aromatic rings. The summed E-state index contributed by atoms with van der Waals surface area (Å²) in [6.07, 6.45) is 9.55. The van der Waals surface area contributed by atoms with Crippen LogP contribution in [0.4, 0.5) is 0 Å². The van der Waals surface area contributed by atoms with Gasteiger partial charge in [-0.1, -0.05) is 0 Å². The lowest BCUT2D eigenvalue weighted by atomic mass is 9.80. The molecule has 1 heterocycles. The zero-order valence-corrected chi connectivity index (χ0v) is 13.7. The molecule has 3 aliphatic rings. The summed E-state index contributed by atoms with van der Waals surface area (Å²) in [6, 6.07) is 4.31. The van der Waals surface area contributed by atoms with Gasteiger partial charge < -0.3 is 10.4 Å². The fourth-order valence-electron chi connectivity index (χ4n) is 3.92. The average Bonchev–Trinajstić information content (AvgIpc) is 3.37. The van der Waals surface area contributed by atoms with E-state index in [-0.39, 0.29) is 11.6 Å². The number of hydrogen-bond acceptors (Lipinski definition) is 4. The van der Waals surface area contributed by atoms with Crippen molar-refractivity contribution < 1.29 is 5.11 Å². The third-order valence-corrected chi connectivity index (χ3v) is 5.89. The van der Waals surface area contributed by atoms with Crippen molar-refractivity contribution in [1.82, 2.24) is 15.1 Å². The van der Waals surface area contributed by atoms with Crippen molar-refractivity contribution in [2.75, 3.05) is 6.54 Å². The van der Waals surface area contributed by atoms with Gasteiger partial charge in [-0.15, -0.1) is 0 Å². The van der Waals surface area contributed by atoms with Crippen LogP contribution in [0, 0.1) is 0 Å². The highest BCUT2D eigenvalue weighted by molar-refractivity contribution is 5.13. The highest BCUT2D eigenvalue weighted by Gasteiger charge is 2.35. The predicted molar refractivity (Wildman–Crippen MR) is 88.6 cm³/mol. The molecule has 0 radical (unpaired) electrons. The van der Waals surface area contributed by atoms with Gasteiger partial charge in [0, 0.05) is 24.6 Å². The topological polar surface area (TPSA) is 67.2 Å². The molecular formula is C18H27N3O2. The van der Waals surface area contributed by atoms with E-state index in [2.05, 4.69) is 10.4 Å². The Morgan fingerprint density at radius 2 is 1.91 bits per heavy atom. The first-order valence-corrected chi connectivity index (χ1v) is 9.18. The van der Waals surface area contributed by atoms with Crippen molar-refractivity contribution in [2.24, 2.45) is 0 Å². The second-order valence-corrected chi connectivity index (χ2v) is 7.78. The lowest BCUT2D eigenvalue weighted by Crippen LogP contribution is -2.49. The van der Waals surface area contributed by atoms with Crippen LogP contribution in [0.1, 0.15) is 75.4 Å². The summed E-state index contributed by atoms with van der Waals surface area (Å²) in [4.78, 5) is 12.2. The van der Waals surface area contributed by atoms with Crippen LogP contribution in [0.5, 0.6) is 0 Å². The summed E-state index contributed by atoms with van der Waals surface area (Å²) in [5.41, 5.74) is 0.681. The molecule has 0 atom stereocenters. The first-order valence-electron chi connectivity index (χ1n) is 9.18. The molecule has 0 aromatic carbocycles. The van der Waals surface area contributed by atoms with Gasteiger partial charge in [-0.3, -0.25) is 4.79 Å². The largest absolute Gasteiger partial charge is 0.389 e. The predicted octanol–water partition coefficient (Wildman–Crippen LogP) is 2.11. The van der Waals surface area contributed by atoms with Crippen LogP contribution < -0.4 is 10.9 Å². The van der Waals surface area contributed by atoms with E-state index in [9.17, 15) is 9.90 Å². The van der Waals surface area contributed by atoms with Crippen molar-refractivity contribution in [1.29, 1.82) is 0 Å². The molecule has 126 valence electrons. The number of rotatable bonds is 5. The van der Waals surface area contributed by atoms with Crippen LogP contribution in [0.25, 0.3) is 0 Å². The molecule has 5 heteroatoms. The molecule has 0 aliphatic heterocycles. The maximum atomic E-state index is 12.2. The van der Waals surface area contributed by atoms with E-state index in [4.69, 9.17) is 0 Å². The number of nitrogens with one attached hydrogen (secondary N) is 1. The van der Waals surface area contributed by atoms with E-state index in [1.165, 1.54) is 12.8 Å². The van der Waals surface area contributed by atoms with Gasteiger partial charge in [-0.2, -0.15) is 5.10 Å². The summed E-state index contributed by atoms with van der Waals surface area (Å²) in [6.45, 7) is 0.720. The second kappa shape index (κ2) is 6.02. The highest BCUT2D eigenvalue weighted by Crippen LogP contribution is 2.39. The fourth-order valence-corrected chi connectivity index (χ4v) is 3.92. The monoisotopic (exact) mass is 317 g/mol. The van der Waals surface area contributed by atoms with Crippen molar-refractivity contribution in [3.05, 3.63) is 28.2 Å². The van der Waals surface area contributed by atoms with Gasteiger partial charge in [-0.05, 0) is 63.9 Å². The average molecular weight is 317 g/mol. The summed E-state index contributed by atoms with van der Waals surface area (Å²) in [7, 11) is 0. The van der Waals surface area contributed by atoms with E-state index in [0.717, 1.165) is 57.2 Å². The molecule has 0 bridgehead atoms. The summed E-state index contributed by atoms with van der Waals surface area (Å²) >= 11 is 0. The van der Waals surface area contributed by atoms with Gasteiger partial charge in [0.2, 0.25) is 0 Å². The second-order valence-electron chi connectivity index (χ2n) is 7.78. The summed E-state index contributed by atoms with van der Waals surface area (Å²) < 4.78 is 1.74. The van der Waals surface area contributed by atoms with Crippen molar-refractivity contribution >= 4 is 0 Å². The maximum Gasteiger partial charge on any atom is 0.267 e. The van der Waals surface area contributed by atoms with Crippen LogP contribution in [-0.4, -0.2) is 33.1 Å². The van der Waals surface area contributed by atoms with Gasteiger partial charge >= 0.3 is 0 Å². The van der Waals surface area contributed by atoms with Gasteiger partial charge in [-0.25, -0.2) is 4.68 Å². The Bertz CT molecular complexity index is 611. The van der Waals surface area contributed by atoms with Crippen LogP contribution in [-0.2, 0) is 0 Å². The van der Waals surface area contributed by atoms with Crippen molar-refractivity contribution in [3.8, 4) is 0 Å². The van der Waals surface area contributed by atoms with Gasteiger partial charge in [0.05, 0.1) is 17.3 Å². The van der Waals surface area contributed by atoms with E-state index >= 15 is 0 Å². The fraction of sp³-hybridized carbons (Fsp3) is 0.778. The number of aromatic nitrogens is 2. The Morgan fingerprint density at radius 3 is 2.52 bits per heavy atom. The number of aliphatic hydroxyl groups is 1. The van der Waals surface area contributed by atoms with Crippen LogP contribution in [0.2, 0.25) is 0 Å². The molecule has 0 amide bonds. The Kier molecular flexibility index (Phi) is 4.01. The molecule has 0 saturated heterocycles. The molecule has 0 unspecified atom stereocenters. The quantitative estimate of drug-likeness (QED) is 0.873. The molecule has 5 nitrogen and oxygen atoms in total. The summed E-state index contributed by atoms with van der Waals surface area (Å²) in [5.74, 6) is 0.586. The Morgan fingerprint density at radius 1 is 1.17 bits per heavy atom. The number of nitrogens with zero attached hydrogens (tertiary/aromatic N) is 2. The molecule has 4 rings (SSSR count). The number of hydrogen-bond donors (Lipinski definition) is 2. The molecule has 2 N–H and O–H groups in total. The molecule has 1 aromatic heterocycles. The molecule has 3 fully saturated rings. The standard InChI is InChI=1S/C18H27N3O2/c22-17-9-8-16(13-2-3-13)20-21(17)15-6-4-14(5-7-15)19-12-18(23)10-1-11-18/h8-9,13-15,19,23H,1-7,10-12H2. The first kappa shape index (κ1) is 15.3. The van der Waals surface area contributed by atoms with E-state index in [1.807, 2.05) is 6.07 Å². The lowest BCUT2D eigenvalue weighted by Gasteiger charge is -2.39. The third-order valence-electron chi connectivity index (χ3n) is 5.89. The smallest absolute Gasteiger partial charge is 0.267 e. The van der Waals surface area contributed by atoms with Crippen LogP contribution in [0.3, 0.4) is 0 Å². The van der Waals surface area contributed by atoms with Gasteiger partial charge in [0.1, 0.15) is 0 Å². The Hall–Kier alpha value is -1.20. The third kappa shape index (κ3) is 3.36. The molecular weight excluding hydrogens is 290 g/mol. The highest BCUT2D eigenvalue weighted by atomic mass is 16.3. The SMILES string of the molecule is O=c1ccc(C2CC2)nn1C1CCC(NCC2(O)CCC2)CC1. The van der Waals surface area contributed by atoms with Crippen LogP contribution in [0.15, 0.2) is 16.9 Å². The van der Waals surface area contributed by atoms with Gasteiger partial charge in [0.15, 0.2) is 0 Å². The zero-order valence-electron chi connectivity index (χ0n) is 13.7. The van der Waals surface area contributed by atoms with Crippen molar-refractivity contribution in [2.45, 2.75) is 81.4 Å². The van der Waals surface area contributed by atoms with E-state index in [0.29, 0.717) is 12.0 Å². The Labute approximate surface area is 137 Å². The van der Waals surface area contributed by atoms with Gasteiger partial charge in [0.25, 0.3) is 5.56 Å². The minimum absolute atomic E-state index is 0.0367. The van der Waals surface area contributed by atoms with Crippen molar-refractivity contribution in [3.63, 3.8) is 0 Å². The first-order chi connectivity index (χ1) is 11.1. The molecule has 23 heavy (non-hydrogen) atoms. The minimum Gasteiger partial charge on any atom is -0.389 e.